The number of hydrogen-bond donors (Lipinski definition) is 0. The third kappa shape index (κ3) is 57.5. The Morgan fingerprint density at radius 1 is 0.352 bits per heavy atom. The van der Waals surface area contributed by atoms with Crippen LogP contribution in [0.3, 0.4) is 0 Å². The van der Waals surface area contributed by atoms with E-state index in [4.69, 9.17) is 14.2 Å². The predicted octanol–water partition coefficient (Wildman–Crippen LogP) is 14.5. The van der Waals surface area contributed by atoms with Gasteiger partial charge >= 0.3 is 5.97 Å². The third-order valence-corrected chi connectivity index (χ3v) is 6.57. The molecule has 6 heteroatoms. The van der Waals surface area contributed by atoms with Crippen molar-refractivity contribution < 1.29 is 28.6 Å². The molecule has 0 N–H and O–H groups in total. The van der Waals surface area contributed by atoms with Crippen molar-refractivity contribution >= 4 is 17.5 Å². The molecule has 0 rings (SSSR count). The Balaban J connectivity index is -0.000000186. The summed E-state index contributed by atoms with van der Waals surface area (Å²) in [7, 11) is 0. The standard InChI is InChI=1S/C10H20O2.C10H20O.C10H22.C9H18O2.C9H20O/c1-9(2,3)8(11)7-12-10(4,5)6;1-9(2,3)7-8(11)10(4,5)6;1-9(2,3)7-8-10(4,5)6;1-8(2,3)7(10)11-9(4,5)6;1-8(2,3)7-10-9(4,5)6/h7H2,1-6H3;7H2,1-6H3;7-8H2,1-6H3;1-6H3;7H2,1-6H3. The highest BCUT2D eigenvalue weighted by Gasteiger charge is 2.28. The number of rotatable bonds is 5. The van der Waals surface area contributed by atoms with Crippen molar-refractivity contribution in [3.63, 3.8) is 0 Å². The molecule has 0 atom stereocenters. The fourth-order valence-corrected chi connectivity index (χ4v) is 2.86. The molecule has 0 aliphatic rings. The molecule has 6 nitrogen and oxygen atoms in total. The zero-order valence-electron chi connectivity index (χ0n) is 42.5. The number of esters is 1. The molecule has 0 spiro atoms. The van der Waals surface area contributed by atoms with E-state index in [1.54, 1.807) is 0 Å². The average Bonchev–Trinajstić information content (AvgIpc) is 2.81. The van der Waals surface area contributed by atoms with Crippen molar-refractivity contribution in [1.82, 2.24) is 0 Å². The van der Waals surface area contributed by atoms with Gasteiger partial charge in [-0.2, -0.15) is 0 Å². The first-order valence-electron chi connectivity index (χ1n) is 20.4. The fourth-order valence-electron chi connectivity index (χ4n) is 2.86. The lowest BCUT2D eigenvalue weighted by atomic mass is 9.80. The summed E-state index contributed by atoms with van der Waals surface area (Å²) in [6.45, 7) is 62.6. The van der Waals surface area contributed by atoms with Gasteiger partial charge in [0.1, 0.15) is 18.0 Å². The normalized spacial score (nSPS) is 13.4. The van der Waals surface area contributed by atoms with Gasteiger partial charge in [-0.05, 0) is 118 Å². The Hall–Kier alpha value is -1.27. The Labute approximate surface area is 340 Å². The summed E-state index contributed by atoms with van der Waals surface area (Å²) in [5.41, 5.74) is -0.0113. The van der Waals surface area contributed by atoms with Crippen LogP contribution in [0.15, 0.2) is 0 Å². The molecule has 0 amide bonds. The molecule has 0 aromatic heterocycles. The molecule has 0 radical (unpaired) electrons. The molecule has 0 saturated heterocycles. The molecule has 54 heavy (non-hydrogen) atoms. The topological polar surface area (TPSA) is 78.9 Å². The first-order chi connectivity index (χ1) is 22.8. The maximum absolute atomic E-state index is 11.5. The molecule has 0 saturated carbocycles. The van der Waals surface area contributed by atoms with Gasteiger partial charge in [-0.1, -0.05) is 125 Å². The second kappa shape index (κ2) is 23.2. The zero-order valence-corrected chi connectivity index (χ0v) is 42.5. The van der Waals surface area contributed by atoms with Gasteiger partial charge < -0.3 is 14.2 Å². The second-order valence-corrected chi connectivity index (χ2v) is 25.8. The third-order valence-electron chi connectivity index (χ3n) is 6.57. The lowest BCUT2D eigenvalue weighted by molar-refractivity contribution is -0.164. The summed E-state index contributed by atoms with van der Waals surface area (Å²) in [4.78, 5) is 34.1. The van der Waals surface area contributed by atoms with E-state index in [9.17, 15) is 14.4 Å². The van der Waals surface area contributed by atoms with Gasteiger partial charge in [0.2, 0.25) is 0 Å². The Morgan fingerprint density at radius 3 is 0.796 bits per heavy atom. The SMILES string of the molecule is CC(C)(C)CC(=O)C(C)(C)C.CC(C)(C)CCC(C)(C)C.CC(C)(C)COC(C)(C)C.CC(C)(C)OC(=O)C(C)(C)C.CC(C)(C)OCC(=O)C(C)(C)C. The minimum absolute atomic E-state index is 0.00722. The van der Waals surface area contributed by atoms with Gasteiger partial charge in [-0.15, -0.1) is 0 Å². The fraction of sp³-hybridized carbons (Fsp3) is 0.938. The number of ketones is 2. The van der Waals surface area contributed by atoms with Crippen molar-refractivity contribution in [1.29, 1.82) is 0 Å². The van der Waals surface area contributed by atoms with Crippen molar-refractivity contribution in [2.24, 2.45) is 37.9 Å². The van der Waals surface area contributed by atoms with Crippen molar-refractivity contribution in [3.05, 3.63) is 0 Å². The molecule has 328 valence electrons. The minimum Gasteiger partial charge on any atom is -0.460 e. The van der Waals surface area contributed by atoms with Crippen LogP contribution in [0.4, 0.5) is 0 Å². The summed E-state index contributed by atoms with van der Waals surface area (Å²) in [5.74, 6) is 0.354. The monoisotopic (exact) mass is 773 g/mol. The number of Topliss-reactive ketones (excluding diaryl/α,β-unsaturated/α-hetero) is 2. The van der Waals surface area contributed by atoms with Gasteiger partial charge in [-0.25, -0.2) is 0 Å². The molecule has 0 fully saturated rings. The molecule has 0 aliphatic carbocycles. The largest absolute Gasteiger partial charge is 0.460 e. The maximum atomic E-state index is 11.5. The molecule has 0 bridgehead atoms. The number of hydrogen-bond acceptors (Lipinski definition) is 6. The number of carbonyl (C=O) groups is 3. The van der Waals surface area contributed by atoms with E-state index in [0.29, 0.717) is 23.0 Å². The van der Waals surface area contributed by atoms with E-state index >= 15 is 0 Å². The summed E-state index contributed by atoms with van der Waals surface area (Å²) in [6, 6.07) is 0. The van der Waals surface area contributed by atoms with Crippen LogP contribution in [0.1, 0.15) is 227 Å². The van der Waals surface area contributed by atoms with Crippen LogP contribution in [0.2, 0.25) is 0 Å². The van der Waals surface area contributed by atoms with Gasteiger partial charge in [0.05, 0.1) is 23.2 Å². The van der Waals surface area contributed by atoms with E-state index < -0.39 is 5.41 Å². The summed E-state index contributed by atoms with van der Waals surface area (Å²) in [5, 5.41) is 0. The summed E-state index contributed by atoms with van der Waals surface area (Å²) in [6.07, 6.45) is 3.34. The van der Waals surface area contributed by atoms with Crippen molar-refractivity contribution in [3.8, 4) is 0 Å². The van der Waals surface area contributed by atoms with E-state index in [0.717, 1.165) is 6.61 Å². The summed E-state index contributed by atoms with van der Waals surface area (Å²) >= 11 is 0. The quantitative estimate of drug-likeness (QED) is 0.259. The average molecular weight is 773 g/mol. The van der Waals surface area contributed by atoms with Crippen LogP contribution >= 0.6 is 0 Å². The van der Waals surface area contributed by atoms with E-state index in [1.807, 2.05) is 104 Å². The van der Waals surface area contributed by atoms with Crippen LogP contribution in [-0.4, -0.2) is 47.6 Å². The first-order valence-corrected chi connectivity index (χ1v) is 20.4. The second-order valence-electron chi connectivity index (χ2n) is 25.8. The highest BCUT2D eigenvalue weighted by molar-refractivity contribution is 5.85. The zero-order chi connectivity index (χ0) is 45.4. The smallest absolute Gasteiger partial charge is 0.311 e. The Morgan fingerprint density at radius 2 is 0.667 bits per heavy atom. The molecular weight excluding hydrogens is 673 g/mol. The molecule has 0 aromatic carbocycles. The first kappa shape index (κ1) is 61.9. The van der Waals surface area contributed by atoms with Gasteiger partial charge in [-0.3, -0.25) is 14.4 Å². The van der Waals surface area contributed by atoms with Gasteiger partial charge in [0, 0.05) is 17.3 Å². The number of carbonyl (C=O) groups excluding carboxylic acids is 3. The van der Waals surface area contributed by atoms with Crippen LogP contribution in [-0.2, 0) is 28.6 Å². The maximum Gasteiger partial charge on any atom is 0.311 e. The van der Waals surface area contributed by atoms with Crippen molar-refractivity contribution in [2.75, 3.05) is 13.2 Å². The molecule has 0 aromatic rings. The molecule has 0 unspecified atom stereocenters. The lowest BCUT2D eigenvalue weighted by Crippen LogP contribution is -2.31. The predicted molar refractivity (Wildman–Crippen MR) is 237 cm³/mol. The highest BCUT2D eigenvalue weighted by Crippen LogP contribution is 2.29. The molecular formula is C48H100O6. The Kier molecular flexibility index (Phi) is 26.6. The van der Waals surface area contributed by atoms with Crippen molar-refractivity contribution in [2.45, 2.75) is 244 Å². The van der Waals surface area contributed by atoms with E-state index in [2.05, 4.69) is 104 Å². The van der Waals surface area contributed by atoms with E-state index in [1.165, 1.54) is 12.8 Å². The van der Waals surface area contributed by atoms with Gasteiger partial charge in [0.15, 0.2) is 5.78 Å². The van der Waals surface area contributed by atoms with Crippen LogP contribution in [0.25, 0.3) is 0 Å². The van der Waals surface area contributed by atoms with Crippen LogP contribution in [0.5, 0.6) is 0 Å². The lowest BCUT2D eigenvalue weighted by Gasteiger charge is -2.26. The highest BCUT2D eigenvalue weighted by atomic mass is 16.6. The number of ether oxygens (including phenoxy) is 3. The molecule has 0 heterocycles. The van der Waals surface area contributed by atoms with Crippen LogP contribution < -0.4 is 0 Å². The Bertz CT molecular complexity index is 931. The van der Waals surface area contributed by atoms with Crippen LogP contribution in [0, 0.1) is 37.9 Å². The summed E-state index contributed by atoms with van der Waals surface area (Å²) < 4.78 is 16.1. The molecule has 0 aliphatic heterocycles. The minimum atomic E-state index is -0.396. The van der Waals surface area contributed by atoms with Gasteiger partial charge in [0.25, 0.3) is 0 Å². The van der Waals surface area contributed by atoms with E-state index in [-0.39, 0.29) is 56.8 Å².